The highest BCUT2D eigenvalue weighted by Gasteiger charge is 2.38. The van der Waals surface area contributed by atoms with Crippen LogP contribution < -0.4 is 16.0 Å². The number of methoxy groups -OCH3 is 1. The fourth-order valence-corrected chi connectivity index (χ4v) is 7.89. The molecule has 10 nitrogen and oxygen atoms in total. The lowest BCUT2D eigenvalue weighted by molar-refractivity contribution is -0.147. The van der Waals surface area contributed by atoms with E-state index in [9.17, 15) is 19.2 Å². The van der Waals surface area contributed by atoms with Gasteiger partial charge in [-0.05, 0) is 85.4 Å². The fraction of sp³-hybridized carbons (Fsp3) is 0.320. The molecule has 0 saturated heterocycles. The first-order valence-electron chi connectivity index (χ1n) is 20.6. The Hall–Kier alpha value is -6.26. The summed E-state index contributed by atoms with van der Waals surface area (Å²) in [5.41, 5.74) is 5.41. The second kappa shape index (κ2) is 20.1. The van der Waals surface area contributed by atoms with Crippen LogP contribution in [0.4, 0.5) is 4.79 Å². The van der Waals surface area contributed by atoms with Crippen LogP contribution in [0, 0.1) is 0 Å². The maximum absolute atomic E-state index is 14.4. The lowest BCUT2D eigenvalue weighted by atomic mass is 9.77. The zero-order valence-corrected chi connectivity index (χ0v) is 34.8. The van der Waals surface area contributed by atoms with Crippen LogP contribution in [0.25, 0.3) is 11.1 Å². The maximum atomic E-state index is 14.4. The molecular weight excluding hydrogens is 755 g/mol. The van der Waals surface area contributed by atoms with Gasteiger partial charge in [0.25, 0.3) is 0 Å². The number of carbonyl (C=O) groups is 4. The molecule has 10 heteroatoms. The third kappa shape index (κ3) is 10.7. The molecule has 0 aromatic heterocycles. The van der Waals surface area contributed by atoms with Gasteiger partial charge in [0, 0.05) is 18.9 Å². The second-order valence-corrected chi connectivity index (χ2v) is 16.0. The molecule has 5 aromatic rings. The quantitative estimate of drug-likeness (QED) is 0.0460. The molecule has 0 radical (unpaired) electrons. The number of unbranched alkanes of at least 4 members (excludes halogenated alkanes) is 1. The van der Waals surface area contributed by atoms with E-state index in [0.29, 0.717) is 19.4 Å². The summed E-state index contributed by atoms with van der Waals surface area (Å²) in [6.07, 6.45) is -0.325. The average Bonchev–Trinajstić information content (AvgIpc) is 3.58. The van der Waals surface area contributed by atoms with Gasteiger partial charge in [0.05, 0.1) is 13.7 Å². The second-order valence-electron chi connectivity index (χ2n) is 16.0. The molecule has 0 heterocycles. The van der Waals surface area contributed by atoms with E-state index in [-0.39, 0.29) is 37.7 Å². The summed E-state index contributed by atoms with van der Waals surface area (Å²) in [4.78, 5) is 53.8. The summed E-state index contributed by atoms with van der Waals surface area (Å²) >= 11 is 0. The molecule has 2 atom stereocenters. The molecule has 0 fully saturated rings. The van der Waals surface area contributed by atoms with E-state index in [1.807, 2.05) is 115 Å². The molecule has 0 aliphatic heterocycles. The number of amides is 3. The molecule has 1 aliphatic rings. The Bertz CT molecular complexity index is 2060. The Labute approximate surface area is 353 Å². The number of hydrogen-bond donors (Lipinski definition) is 3. The molecule has 5 aromatic carbocycles. The molecular formula is C50H55N3O7. The van der Waals surface area contributed by atoms with Crippen LogP contribution in [0.5, 0.6) is 0 Å². The number of ether oxygens (including phenoxy) is 3. The van der Waals surface area contributed by atoms with Gasteiger partial charge in [-0.3, -0.25) is 9.59 Å². The van der Waals surface area contributed by atoms with Crippen molar-refractivity contribution in [3.05, 3.63) is 167 Å². The van der Waals surface area contributed by atoms with Gasteiger partial charge in [0.2, 0.25) is 11.8 Å². The summed E-state index contributed by atoms with van der Waals surface area (Å²) in [7, 11) is 1.28. The monoisotopic (exact) mass is 809 g/mol. The van der Waals surface area contributed by atoms with E-state index in [0.717, 1.165) is 38.9 Å². The van der Waals surface area contributed by atoms with Crippen LogP contribution >= 0.6 is 0 Å². The molecule has 0 bridgehead atoms. The normalized spacial score (nSPS) is 13.3. The van der Waals surface area contributed by atoms with Crippen molar-refractivity contribution in [1.82, 2.24) is 16.0 Å². The van der Waals surface area contributed by atoms with Crippen molar-refractivity contribution in [1.29, 1.82) is 0 Å². The predicted molar refractivity (Wildman–Crippen MR) is 232 cm³/mol. The number of fused-ring (bicyclic) bond motifs is 3. The lowest BCUT2D eigenvalue weighted by Gasteiger charge is -2.37. The van der Waals surface area contributed by atoms with E-state index in [1.54, 1.807) is 20.8 Å². The van der Waals surface area contributed by atoms with Gasteiger partial charge in [-0.25, -0.2) is 9.59 Å². The Morgan fingerprint density at radius 2 is 1.15 bits per heavy atom. The van der Waals surface area contributed by atoms with Crippen LogP contribution in [0.2, 0.25) is 0 Å². The third-order valence-electron chi connectivity index (χ3n) is 10.7. The Morgan fingerprint density at radius 1 is 0.650 bits per heavy atom. The number of nitrogens with one attached hydrogen (secondary N) is 3. The number of alkyl carbamates (subject to hydrolysis) is 1. The Morgan fingerprint density at radius 3 is 1.65 bits per heavy atom. The summed E-state index contributed by atoms with van der Waals surface area (Å²) in [5, 5.41) is 8.99. The van der Waals surface area contributed by atoms with Gasteiger partial charge in [-0.15, -0.1) is 0 Å². The van der Waals surface area contributed by atoms with E-state index in [1.165, 1.54) is 7.11 Å². The Balaban J connectivity index is 1.22. The third-order valence-corrected chi connectivity index (χ3v) is 10.7. The van der Waals surface area contributed by atoms with Crippen molar-refractivity contribution < 1.29 is 33.4 Å². The number of hydrogen-bond acceptors (Lipinski definition) is 7. The first-order valence-corrected chi connectivity index (χ1v) is 20.6. The highest BCUT2D eigenvalue weighted by atomic mass is 16.6. The van der Waals surface area contributed by atoms with Crippen molar-refractivity contribution in [2.75, 3.05) is 20.3 Å². The standard InChI is InChI=1S/C50H55N3O7/c1-49(2,3)60-48(57)51-33-19-18-30-43(47(56)58-4)52-46(55)44(59-34-42-40-28-16-14-26-38(40)39-27-15-17-29-41(39)42)31-32-45(54)53-50(35-20-8-5-9-21-35,36-22-10-6-11-23-36)37-24-12-7-13-25-37/h5-17,20-29,42-44H,18-19,30-34H2,1-4H3,(H,51,57)(H,52,55)(H,53,54). The van der Waals surface area contributed by atoms with Gasteiger partial charge >= 0.3 is 12.1 Å². The highest BCUT2D eigenvalue weighted by molar-refractivity contribution is 5.88. The average molecular weight is 810 g/mol. The minimum Gasteiger partial charge on any atom is -0.467 e. The highest BCUT2D eigenvalue weighted by Crippen LogP contribution is 2.45. The molecule has 0 spiro atoms. The fourth-order valence-electron chi connectivity index (χ4n) is 7.89. The van der Waals surface area contributed by atoms with E-state index < -0.39 is 41.3 Å². The van der Waals surface area contributed by atoms with Crippen LogP contribution in [0.1, 0.15) is 86.6 Å². The van der Waals surface area contributed by atoms with Crippen molar-refractivity contribution in [3.63, 3.8) is 0 Å². The van der Waals surface area contributed by atoms with Crippen LogP contribution in [0.15, 0.2) is 140 Å². The first-order chi connectivity index (χ1) is 29.0. The summed E-state index contributed by atoms with van der Waals surface area (Å²) in [6, 6.07) is 44.9. The summed E-state index contributed by atoms with van der Waals surface area (Å²) < 4.78 is 17.0. The zero-order chi connectivity index (χ0) is 42.5. The molecule has 1 aliphatic carbocycles. The zero-order valence-electron chi connectivity index (χ0n) is 34.8. The van der Waals surface area contributed by atoms with E-state index in [2.05, 4.69) is 40.2 Å². The number of esters is 1. The van der Waals surface area contributed by atoms with Crippen LogP contribution in [-0.2, 0) is 34.1 Å². The topological polar surface area (TPSA) is 132 Å². The molecule has 3 N–H and O–H groups in total. The number of carbonyl (C=O) groups excluding carboxylic acids is 4. The van der Waals surface area contributed by atoms with Crippen molar-refractivity contribution in [3.8, 4) is 11.1 Å². The van der Waals surface area contributed by atoms with E-state index >= 15 is 0 Å². The largest absolute Gasteiger partial charge is 0.467 e. The SMILES string of the molecule is COC(=O)C(CCCCNC(=O)OC(C)(C)C)NC(=O)C(CCC(=O)NC(c1ccccc1)(c1ccccc1)c1ccccc1)OCC1c2ccccc2-c2ccccc21. The molecule has 60 heavy (non-hydrogen) atoms. The molecule has 0 saturated carbocycles. The minimum atomic E-state index is -1.09. The number of rotatable bonds is 18. The predicted octanol–water partition coefficient (Wildman–Crippen LogP) is 8.43. The van der Waals surface area contributed by atoms with Gasteiger partial charge < -0.3 is 30.2 Å². The molecule has 3 amide bonds. The summed E-state index contributed by atoms with van der Waals surface area (Å²) in [6.45, 7) is 5.88. The molecule has 2 unspecified atom stereocenters. The van der Waals surface area contributed by atoms with Gasteiger partial charge in [0.1, 0.15) is 23.3 Å². The molecule has 312 valence electrons. The van der Waals surface area contributed by atoms with Crippen molar-refractivity contribution in [2.24, 2.45) is 0 Å². The van der Waals surface area contributed by atoms with Gasteiger partial charge in [0.15, 0.2) is 0 Å². The van der Waals surface area contributed by atoms with Crippen molar-refractivity contribution in [2.45, 2.75) is 82.1 Å². The maximum Gasteiger partial charge on any atom is 0.407 e. The van der Waals surface area contributed by atoms with Gasteiger partial charge in [-0.2, -0.15) is 0 Å². The minimum absolute atomic E-state index is 0.0375. The summed E-state index contributed by atoms with van der Waals surface area (Å²) in [5.74, 6) is -1.55. The van der Waals surface area contributed by atoms with Crippen LogP contribution in [-0.4, -0.2) is 61.9 Å². The molecule has 6 rings (SSSR count). The van der Waals surface area contributed by atoms with Crippen molar-refractivity contribution >= 4 is 23.9 Å². The lowest BCUT2D eigenvalue weighted by Crippen LogP contribution is -2.49. The van der Waals surface area contributed by atoms with E-state index in [4.69, 9.17) is 14.2 Å². The Kier molecular flexibility index (Phi) is 14.5. The number of benzene rings is 5. The first kappa shape index (κ1) is 43.3. The van der Waals surface area contributed by atoms with Gasteiger partial charge in [-0.1, -0.05) is 140 Å². The smallest absolute Gasteiger partial charge is 0.407 e. The van der Waals surface area contributed by atoms with Crippen LogP contribution in [0.3, 0.4) is 0 Å².